The van der Waals surface area contributed by atoms with Crippen molar-refractivity contribution in [2.45, 2.75) is 26.4 Å². The van der Waals surface area contributed by atoms with Crippen LogP contribution in [0.1, 0.15) is 34.8 Å². The molecule has 0 saturated carbocycles. The van der Waals surface area contributed by atoms with Crippen molar-refractivity contribution >= 4 is 47.4 Å². The molecular weight excluding hydrogens is 475 g/mol. The predicted molar refractivity (Wildman–Crippen MR) is 123 cm³/mol. The normalized spacial score (nSPS) is 10.7. The Morgan fingerprint density at radius 3 is 2.48 bits per heavy atom. The lowest BCUT2D eigenvalue weighted by atomic mass is 10.1. The Morgan fingerprint density at radius 2 is 1.78 bits per heavy atom. The van der Waals surface area contributed by atoms with Crippen molar-refractivity contribution in [2.75, 3.05) is 13.6 Å². The summed E-state index contributed by atoms with van der Waals surface area (Å²) in [6.45, 7) is 3.86. The summed E-state index contributed by atoms with van der Waals surface area (Å²) >= 11 is 6.17. The maximum absolute atomic E-state index is 12.1. The molecule has 0 bridgehead atoms. The Bertz CT molecular complexity index is 767. The number of halogens is 2. The number of carbonyl (C=O) groups excluding carboxylic acids is 1. The molecule has 27 heavy (non-hydrogen) atoms. The monoisotopic (exact) mass is 500 g/mol. The van der Waals surface area contributed by atoms with Gasteiger partial charge in [-0.2, -0.15) is 0 Å². The van der Waals surface area contributed by atoms with Gasteiger partial charge in [-0.1, -0.05) is 48.9 Å². The smallest absolute Gasteiger partial charge is 0.251 e. The molecule has 0 spiro atoms. The van der Waals surface area contributed by atoms with Crippen LogP contribution in [0.15, 0.2) is 53.5 Å². The van der Waals surface area contributed by atoms with Gasteiger partial charge in [-0.05, 0) is 35.7 Å². The summed E-state index contributed by atoms with van der Waals surface area (Å²) in [7, 11) is 1.72. The van der Waals surface area contributed by atoms with E-state index >= 15 is 0 Å². The lowest BCUT2D eigenvalue weighted by Crippen LogP contribution is -2.36. The number of aliphatic imine (C=N–C) groups is 1. The Kier molecular flexibility index (Phi) is 10.8. The van der Waals surface area contributed by atoms with Gasteiger partial charge in [0, 0.05) is 37.3 Å². The fourth-order valence-electron chi connectivity index (χ4n) is 2.39. The van der Waals surface area contributed by atoms with E-state index in [9.17, 15) is 4.79 Å². The van der Waals surface area contributed by atoms with Gasteiger partial charge < -0.3 is 16.0 Å². The van der Waals surface area contributed by atoms with Crippen LogP contribution >= 0.6 is 35.6 Å². The van der Waals surface area contributed by atoms with E-state index in [1.165, 1.54) is 0 Å². The van der Waals surface area contributed by atoms with Crippen molar-refractivity contribution in [3.63, 3.8) is 0 Å². The average Bonchev–Trinajstić information content (AvgIpc) is 2.67. The first-order valence-electron chi connectivity index (χ1n) is 8.69. The van der Waals surface area contributed by atoms with Crippen LogP contribution in [-0.2, 0) is 13.1 Å². The minimum atomic E-state index is -0.0464. The Labute approximate surface area is 183 Å². The number of rotatable bonds is 7. The maximum atomic E-state index is 12.1. The molecule has 0 aliphatic carbocycles. The first kappa shape index (κ1) is 23.2. The summed E-state index contributed by atoms with van der Waals surface area (Å²) in [5.74, 6) is 0.626. The molecule has 7 heteroatoms. The zero-order valence-corrected chi connectivity index (χ0v) is 18.7. The van der Waals surface area contributed by atoms with Crippen LogP contribution in [0.5, 0.6) is 0 Å². The van der Waals surface area contributed by atoms with Gasteiger partial charge in [0.15, 0.2) is 5.96 Å². The van der Waals surface area contributed by atoms with Gasteiger partial charge >= 0.3 is 0 Å². The van der Waals surface area contributed by atoms with E-state index in [0.29, 0.717) is 31.2 Å². The Morgan fingerprint density at radius 1 is 1.04 bits per heavy atom. The molecule has 2 aromatic carbocycles. The molecule has 1 amide bonds. The number of nitrogens with one attached hydrogen (secondary N) is 3. The number of amides is 1. The highest BCUT2D eigenvalue weighted by atomic mass is 127. The van der Waals surface area contributed by atoms with Gasteiger partial charge in [0.2, 0.25) is 0 Å². The van der Waals surface area contributed by atoms with E-state index in [4.69, 9.17) is 11.6 Å². The van der Waals surface area contributed by atoms with Gasteiger partial charge in [0.1, 0.15) is 0 Å². The third-order valence-electron chi connectivity index (χ3n) is 3.81. The molecule has 0 heterocycles. The van der Waals surface area contributed by atoms with Crippen molar-refractivity contribution in [1.29, 1.82) is 0 Å². The molecule has 0 fully saturated rings. The quantitative estimate of drug-likeness (QED) is 0.306. The van der Waals surface area contributed by atoms with Crippen molar-refractivity contribution in [1.82, 2.24) is 16.0 Å². The van der Waals surface area contributed by atoms with Gasteiger partial charge in [0.25, 0.3) is 5.91 Å². The third-order valence-corrected chi connectivity index (χ3v) is 4.18. The topological polar surface area (TPSA) is 65.5 Å². The first-order valence-corrected chi connectivity index (χ1v) is 9.07. The van der Waals surface area contributed by atoms with Crippen LogP contribution in [0, 0.1) is 0 Å². The van der Waals surface area contributed by atoms with Crippen LogP contribution in [0.4, 0.5) is 0 Å². The maximum Gasteiger partial charge on any atom is 0.251 e. The molecule has 0 atom stereocenters. The third kappa shape index (κ3) is 7.76. The van der Waals surface area contributed by atoms with E-state index in [1.54, 1.807) is 7.05 Å². The van der Waals surface area contributed by atoms with Gasteiger partial charge in [-0.25, -0.2) is 0 Å². The van der Waals surface area contributed by atoms with Crippen molar-refractivity contribution in [3.05, 3.63) is 70.2 Å². The van der Waals surface area contributed by atoms with Crippen LogP contribution in [-0.4, -0.2) is 25.5 Å². The van der Waals surface area contributed by atoms with Crippen molar-refractivity contribution in [2.24, 2.45) is 4.99 Å². The molecule has 2 aromatic rings. The molecule has 0 aliphatic rings. The molecule has 0 saturated heterocycles. The fourth-order valence-corrected chi connectivity index (χ4v) is 2.59. The summed E-state index contributed by atoms with van der Waals surface area (Å²) in [6, 6.07) is 15.3. The zero-order valence-electron chi connectivity index (χ0n) is 15.6. The standard InChI is InChI=1S/C20H25ClN4O.HI/c1-3-11-23-19(26)16-9-6-7-15(12-16)13-24-20(22-2)25-14-17-8-4-5-10-18(17)21;/h4-10,12H,3,11,13-14H2,1-2H3,(H,23,26)(H2,22,24,25);1H. The first-order chi connectivity index (χ1) is 12.6. The molecule has 0 aliphatic heterocycles. The SMILES string of the molecule is CCCNC(=O)c1cccc(CNC(=NC)NCc2ccccc2Cl)c1.I. The summed E-state index contributed by atoms with van der Waals surface area (Å²) in [4.78, 5) is 16.3. The lowest BCUT2D eigenvalue weighted by molar-refractivity contribution is 0.0953. The van der Waals surface area contributed by atoms with Crippen molar-refractivity contribution in [3.8, 4) is 0 Å². The highest BCUT2D eigenvalue weighted by molar-refractivity contribution is 14.0. The van der Waals surface area contributed by atoms with Crippen LogP contribution < -0.4 is 16.0 Å². The minimum Gasteiger partial charge on any atom is -0.352 e. The number of hydrogen-bond donors (Lipinski definition) is 3. The predicted octanol–water partition coefficient (Wildman–Crippen LogP) is 3.96. The van der Waals surface area contributed by atoms with E-state index in [0.717, 1.165) is 22.6 Å². The molecule has 3 N–H and O–H groups in total. The summed E-state index contributed by atoms with van der Waals surface area (Å²) in [5, 5.41) is 10.1. The summed E-state index contributed by atoms with van der Waals surface area (Å²) in [6.07, 6.45) is 0.917. The van der Waals surface area contributed by atoms with E-state index in [1.807, 2.05) is 55.5 Å². The largest absolute Gasteiger partial charge is 0.352 e. The van der Waals surface area contributed by atoms with Crippen LogP contribution in [0.25, 0.3) is 0 Å². The van der Waals surface area contributed by atoms with E-state index < -0.39 is 0 Å². The van der Waals surface area contributed by atoms with Gasteiger partial charge in [-0.15, -0.1) is 24.0 Å². The van der Waals surface area contributed by atoms with Gasteiger partial charge in [0.05, 0.1) is 0 Å². The van der Waals surface area contributed by atoms with E-state index in [-0.39, 0.29) is 29.9 Å². The number of guanidine groups is 1. The highest BCUT2D eigenvalue weighted by Gasteiger charge is 2.06. The van der Waals surface area contributed by atoms with Crippen molar-refractivity contribution < 1.29 is 4.79 Å². The second-order valence-corrected chi connectivity index (χ2v) is 6.23. The van der Waals surface area contributed by atoms with Crippen LogP contribution in [0.2, 0.25) is 5.02 Å². The molecule has 146 valence electrons. The number of benzene rings is 2. The Balaban J connectivity index is 0.00000364. The highest BCUT2D eigenvalue weighted by Crippen LogP contribution is 2.14. The second kappa shape index (κ2) is 12.6. The number of nitrogens with zero attached hydrogens (tertiary/aromatic N) is 1. The summed E-state index contributed by atoms with van der Waals surface area (Å²) in [5.41, 5.74) is 2.68. The number of hydrogen-bond acceptors (Lipinski definition) is 2. The fraction of sp³-hybridized carbons (Fsp3) is 0.300. The molecule has 5 nitrogen and oxygen atoms in total. The van der Waals surface area contributed by atoms with E-state index in [2.05, 4.69) is 20.9 Å². The summed E-state index contributed by atoms with van der Waals surface area (Å²) < 4.78 is 0. The second-order valence-electron chi connectivity index (χ2n) is 5.83. The average molecular weight is 501 g/mol. The lowest BCUT2D eigenvalue weighted by Gasteiger charge is -2.13. The molecular formula is C20H26ClIN4O. The minimum absolute atomic E-state index is 0. The van der Waals surface area contributed by atoms with Crippen LogP contribution in [0.3, 0.4) is 0 Å². The Hall–Kier alpha value is -1.80. The molecule has 0 unspecified atom stereocenters. The molecule has 0 radical (unpaired) electrons. The van der Waals surface area contributed by atoms with Gasteiger partial charge in [-0.3, -0.25) is 9.79 Å². The number of carbonyl (C=O) groups is 1. The zero-order chi connectivity index (χ0) is 18.8. The molecule has 2 rings (SSSR count). The molecule has 0 aromatic heterocycles.